The normalized spacial score (nSPS) is 11.1. The highest BCUT2D eigenvalue weighted by Gasteiger charge is 2.18. The van der Waals surface area contributed by atoms with Gasteiger partial charge >= 0.3 is 0 Å². The lowest BCUT2D eigenvalue weighted by atomic mass is 9.98. The van der Waals surface area contributed by atoms with Gasteiger partial charge in [0.15, 0.2) is 0 Å². The molecule has 0 spiro atoms. The number of para-hydroxylation sites is 1. The van der Waals surface area contributed by atoms with Gasteiger partial charge in [0.25, 0.3) is 0 Å². The fourth-order valence-corrected chi connectivity index (χ4v) is 7.44. The molecule has 2 heteroatoms. The Labute approximate surface area is 307 Å². The van der Waals surface area contributed by atoms with Crippen molar-refractivity contribution in [1.82, 2.24) is 0 Å². The van der Waals surface area contributed by atoms with Crippen molar-refractivity contribution in [1.29, 1.82) is 0 Å². The molecule has 0 saturated carbocycles. The van der Waals surface area contributed by atoms with Crippen LogP contribution < -0.4 is 9.80 Å². The van der Waals surface area contributed by atoms with Crippen molar-refractivity contribution in [2.75, 3.05) is 9.80 Å². The summed E-state index contributed by atoms with van der Waals surface area (Å²) in [4.78, 5) is 4.77. The molecule has 52 heavy (non-hydrogen) atoms. The van der Waals surface area contributed by atoms with Crippen molar-refractivity contribution in [2.24, 2.45) is 0 Å². The standard InChI is InChI=1S/C50H42N2/c1-3-4-6-16-38-17-13-24-44(36-38)52(50-28-15-21-40-19-10-12-26-48(40)50)43-31-29-41(30-32-43)46-34-33-45(35-37(46)2)51(42-22-7-5-8-23-42)49-27-14-20-39-18-9-11-25-47(39)49/h3,5,7-15,17-36H,1,4,6,16H2,2H3. The van der Waals surface area contributed by atoms with Crippen LogP contribution in [0.2, 0.25) is 0 Å². The van der Waals surface area contributed by atoms with E-state index in [1.165, 1.54) is 55.2 Å². The number of benzene rings is 8. The van der Waals surface area contributed by atoms with Crippen LogP contribution in [-0.2, 0) is 6.42 Å². The average molecular weight is 671 g/mol. The molecule has 0 unspecified atom stereocenters. The van der Waals surface area contributed by atoms with Gasteiger partial charge in [0.1, 0.15) is 0 Å². The van der Waals surface area contributed by atoms with Gasteiger partial charge in [-0.15, -0.1) is 6.58 Å². The molecule has 0 bridgehead atoms. The van der Waals surface area contributed by atoms with E-state index in [0.717, 1.165) is 42.0 Å². The van der Waals surface area contributed by atoms with Crippen molar-refractivity contribution in [3.05, 3.63) is 206 Å². The summed E-state index contributed by atoms with van der Waals surface area (Å²) in [5, 5.41) is 4.91. The summed E-state index contributed by atoms with van der Waals surface area (Å²) in [5.41, 5.74) is 11.9. The second-order valence-electron chi connectivity index (χ2n) is 13.4. The molecule has 0 amide bonds. The Bertz CT molecular complexity index is 2470. The van der Waals surface area contributed by atoms with Crippen molar-refractivity contribution >= 4 is 55.7 Å². The van der Waals surface area contributed by atoms with Gasteiger partial charge in [-0.25, -0.2) is 0 Å². The quantitative estimate of drug-likeness (QED) is 0.0998. The molecular formula is C50H42N2. The summed E-state index contributed by atoms with van der Waals surface area (Å²) < 4.78 is 0. The molecule has 0 radical (unpaired) electrons. The van der Waals surface area contributed by atoms with Gasteiger partial charge in [-0.3, -0.25) is 0 Å². The zero-order chi connectivity index (χ0) is 35.3. The number of nitrogens with zero attached hydrogens (tertiary/aromatic N) is 2. The summed E-state index contributed by atoms with van der Waals surface area (Å²) in [6.07, 6.45) is 5.15. The molecule has 0 aromatic heterocycles. The average Bonchev–Trinajstić information content (AvgIpc) is 3.19. The lowest BCUT2D eigenvalue weighted by Gasteiger charge is -2.28. The van der Waals surface area contributed by atoms with Crippen LogP contribution in [0.1, 0.15) is 24.0 Å². The zero-order valence-electron chi connectivity index (χ0n) is 29.6. The van der Waals surface area contributed by atoms with Gasteiger partial charge < -0.3 is 9.80 Å². The Balaban J connectivity index is 1.17. The third-order valence-corrected chi connectivity index (χ3v) is 9.98. The summed E-state index contributed by atoms with van der Waals surface area (Å²) >= 11 is 0. The van der Waals surface area contributed by atoms with Gasteiger partial charge in [-0.2, -0.15) is 0 Å². The molecular weight excluding hydrogens is 629 g/mol. The number of allylic oxidation sites excluding steroid dienone is 1. The summed E-state index contributed by atoms with van der Waals surface area (Å²) in [6, 6.07) is 66.0. The Morgan fingerprint density at radius 2 is 1.00 bits per heavy atom. The van der Waals surface area contributed by atoms with E-state index in [2.05, 4.69) is 205 Å². The van der Waals surface area contributed by atoms with Crippen molar-refractivity contribution in [3.63, 3.8) is 0 Å². The van der Waals surface area contributed by atoms with Crippen LogP contribution in [0.4, 0.5) is 34.1 Å². The maximum atomic E-state index is 3.92. The highest BCUT2D eigenvalue weighted by Crippen LogP contribution is 2.42. The first-order chi connectivity index (χ1) is 25.7. The van der Waals surface area contributed by atoms with Crippen molar-refractivity contribution in [2.45, 2.75) is 26.2 Å². The first-order valence-corrected chi connectivity index (χ1v) is 18.2. The van der Waals surface area contributed by atoms with Crippen LogP contribution in [0.5, 0.6) is 0 Å². The maximum absolute atomic E-state index is 3.92. The molecule has 0 heterocycles. The van der Waals surface area contributed by atoms with Crippen LogP contribution in [0, 0.1) is 6.92 Å². The van der Waals surface area contributed by atoms with E-state index < -0.39 is 0 Å². The second-order valence-corrected chi connectivity index (χ2v) is 13.4. The van der Waals surface area contributed by atoms with Gasteiger partial charge in [0.2, 0.25) is 0 Å². The van der Waals surface area contributed by atoms with E-state index in [1.807, 2.05) is 6.08 Å². The molecule has 2 nitrogen and oxygen atoms in total. The Hall–Kier alpha value is -6.38. The van der Waals surface area contributed by atoms with E-state index in [4.69, 9.17) is 0 Å². The minimum Gasteiger partial charge on any atom is -0.310 e. The monoisotopic (exact) mass is 670 g/mol. The van der Waals surface area contributed by atoms with E-state index in [1.54, 1.807) is 0 Å². The minimum atomic E-state index is 1.02. The SMILES string of the molecule is C=CCCCc1cccc(N(c2ccc(-c3ccc(N(c4ccccc4)c4cccc5ccccc45)cc3C)cc2)c2cccc3ccccc23)c1. The topological polar surface area (TPSA) is 6.48 Å². The number of aryl methyl sites for hydroxylation is 2. The van der Waals surface area contributed by atoms with Crippen molar-refractivity contribution < 1.29 is 0 Å². The fourth-order valence-electron chi connectivity index (χ4n) is 7.44. The van der Waals surface area contributed by atoms with Gasteiger partial charge in [-0.05, 0) is 120 Å². The number of fused-ring (bicyclic) bond motifs is 2. The molecule has 0 fully saturated rings. The van der Waals surface area contributed by atoms with Crippen LogP contribution >= 0.6 is 0 Å². The Morgan fingerprint density at radius 1 is 0.481 bits per heavy atom. The first-order valence-electron chi connectivity index (χ1n) is 18.2. The zero-order valence-corrected chi connectivity index (χ0v) is 29.6. The van der Waals surface area contributed by atoms with E-state index in [9.17, 15) is 0 Å². The molecule has 0 aliphatic heterocycles. The third kappa shape index (κ3) is 6.59. The second kappa shape index (κ2) is 14.8. The Kier molecular flexibility index (Phi) is 9.37. The van der Waals surface area contributed by atoms with Gasteiger partial charge in [0.05, 0.1) is 11.4 Å². The maximum Gasteiger partial charge on any atom is 0.0540 e. The molecule has 8 aromatic rings. The van der Waals surface area contributed by atoms with Crippen LogP contribution in [0.15, 0.2) is 195 Å². The predicted molar refractivity (Wildman–Crippen MR) is 224 cm³/mol. The smallest absolute Gasteiger partial charge is 0.0540 e. The summed E-state index contributed by atoms with van der Waals surface area (Å²) in [6.45, 7) is 6.14. The van der Waals surface area contributed by atoms with E-state index in [0.29, 0.717) is 0 Å². The molecule has 0 saturated heterocycles. The van der Waals surface area contributed by atoms with Gasteiger partial charge in [-0.1, -0.05) is 127 Å². The molecule has 0 aliphatic carbocycles. The molecule has 8 aromatic carbocycles. The Morgan fingerprint density at radius 3 is 1.63 bits per heavy atom. The number of anilines is 6. The summed E-state index contributed by atoms with van der Waals surface area (Å²) in [7, 11) is 0. The highest BCUT2D eigenvalue weighted by molar-refractivity contribution is 6.00. The molecule has 252 valence electrons. The largest absolute Gasteiger partial charge is 0.310 e. The lowest BCUT2D eigenvalue weighted by molar-refractivity contribution is 0.844. The molecule has 8 rings (SSSR count). The molecule has 0 atom stereocenters. The number of hydrogen-bond donors (Lipinski definition) is 0. The molecule has 0 N–H and O–H groups in total. The minimum absolute atomic E-state index is 1.02. The van der Waals surface area contributed by atoms with E-state index in [-0.39, 0.29) is 0 Å². The van der Waals surface area contributed by atoms with E-state index >= 15 is 0 Å². The molecule has 0 aliphatic rings. The lowest BCUT2D eigenvalue weighted by Crippen LogP contribution is -2.11. The predicted octanol–water partition coefficient (Wildman–Crippen LogP) is 14.4. The summed E-state index contributed by atoms with van der Waals surface area (Å²) in [5.74, 6) is 0. The number of hydrogen-bond acceptors (Lipinski definition) is 2. The number of unbranched alkanes of at least 4 members (excludes halogenated alkanes) is 1. The number of rotatable bonds is 11. The highest BCUT2D eigenvalue weighted by atomic mass is 15.1. The fraction of sp³-hybridized carbons (Fsp3) is 0.0800. The van der Waals surface area contributed by atoms with Crippen LogP contribution in [0.3, 0.4) is 0 Å². The van der Waals surface area contributed by atoms with Crippen LogP contribution in [0.25, 0.3) is 32.7 Å². The van der Waals surface area contributed by atoms with Crippen LogP contribution in [-0.4, -0.2) is 0 Å². The van der Waals surface area contributed by atoms with Gasteiger partial charge in [0, 0.05) is 33.5 Å². The third-order valence-electron chi connectivity index (χ3n) is 9.98. The van der Waals surface area contributed by atoms with Crippen molar-refractivity contribution in [3.8, 4) is 11.1 Å². The first kappa shape index (κ1) is 32.8.